The van der Waals surface area contributed by atoms with Crippen LogP contribution in [0.15, 0.2) is 24.3 Å². The van der Waals surface area contributed by atoms with Gasteiger partial charge in [-0.2, -0.15) is 0 Å². The van der Waals surface area contributed by atoms with E-state index in [0.29, 0.717) is 17.6 Å². The van der Waals surface area contributed by atoms with Crippen molar-refractivity contribution in [2.75, 3.05) is 6.61 Å². The van der Waals surface area contributed by atoms with Crippen LogP contribution >= 0.6 is 0 Å². The molecule has 2 aliphatic rings. The Morgan fingerprint density at radius 3 is 2.40 bits per heavy atom. The van der Waals surface area contributed by atoms with Gasteiger partial charge in [0.1, 0.15) is 0 Å². The summed E-state index contributed by atoms with van der Waals surface area (Å²) in [5.74, 6) is -0.164. The van der Waals surface area contributed by atoms with Crippen LogP contribution in [-0.2, 0) is 11.2 Å². The number of aryl methyl sites for hydroxylation is 1. The highest BCUT2D eigenvalue weighted by molar-refractivity contribution is 5.87. The fourth-order valence-corrected chi connectivity index (χ4v) is 3.67. The Morgan fingerprint density at radius 1 is 1.15 bits per heavy atom. The fraction of sp³-hybridized carbons (Fsp3) is 0.562. The average molecular weight is 276 g/mol. The van der Waals surface area contributed by atoms with E-state index in [-0.39, 0.29) is 18.6 Å². The normalized spacial score (nSPS) is 31.6. The van der Waals surface area contributed by atoms with Crippen molar-refractivity contribution in [2.45, 2.75) is 37.9 Å². The number of aliphatic hydroxyl groups is 1. The molecule has 3 rings (SSSR count). The molecule has 2 aliphatic heterocycles. The van der Waals surface area contributed by atoms with Gasteiger partial charge in [0, 0.05) is 12.5 Å². The number of carbonyl (C=O) groups is 1. The van der Waals surface area contributed by atoms with Gasteiger partial charge in [-0.15, -0.1) is 0 Å². The van der Waals surface area contributed by atoms with E-state index < -0.39 is 5.97 Å². The number of carboxylic acid groups (broad SMARTS) is 1. The molecule has 0 aromatic heterocycles. The highest BCUT2D eigenvalue weighted by Gasteiger charge is 2.47. The van der Waals surface area contributed by atoms with E-state index in [1.54, 1.807) is 12.1 Å². The van der Waals surface area contributed by atoms with Crippen LogP contribution in [0.4, 0.5) is 0 Å². The van der Waals surface area contributed by atoms with E-state index in [2.05, 4.69) is 0 Å². The zero-order chi connectivity index (χ0) is 14.1. The average Bonchev–Trinajstić information content (AvgIpc) is 3.05. The highest BCUT2D eigenvalue weighted by Crippen LogP contribution is 2.45. The Bertz CT molecular complexity index is 482. The number of hydrogen-bond donors (Lipinski definition) is 2. The number of ether oxygens (including phenoxy) is 1. The lowest BCUT2D eigenvalue weighted by atomic mass is 9.77. The predicted molar refractivity (Wildman–Crippen MR) is 73.7 cm³/mol. The third-order valence-corrected chi connectivity index (χ3v) is 4.77. The SMILES string of the molecule is O=C(O)c1ccc(CC[C@H]2[C@@H](CO)[C@@H]3CC[C@H]2O3)cc1. The fourth-order valence-electron chi connectivity index (χ4n) is 3.67. The molecule has 0 unspecified atom stereocenters. The Labute approximate surface area is 118 Å². The zero-order valence-corrected chi connectivity index (χ0v) is 11.4. The van der Waals surface area contributed by atoms with Crippen molar-refractivity contribution in [1.29, 1.82) is 0 Å². The Kier molecular flexibility index (Phi) is 3.76. The van der Waals surface area contributed by atoms with Gasteiger partial charge in [0.25, 0.3) is 0 Å². The molecule has 4 nitrogen and oxygen atoms in total. The van der Waals surface area contributed by atoms with Crippen LogP contribution in [0, 0.1) is 11.8 Å². The van der Waals surface area contributed by atoms with Gasteiger partial charge >= 0.3 is 5.97 Å². The molecule has 108 valence electrons. The largest absolute Gasteiger partial charge is 0.478 e. The van der Waals surface area contributed by atoms with Gasteiger partial charge in [-0.1, -0.05) is 12.1 Å². The van der Waals surface area contributed by atoms with Gasteiger partial charge in [0.05, 0.1) is 17.8 Å². The number of aromatic carboxylic acids is 1. The molecule has 2 heterocycles. The lowest BCUT2D eigenvalue weighted by Gasteiger charge is -2.26. The van der Waals surface area contributed by atoms with Crippen molar-refractivity contribution in [3.05, 3.63) is 35.4 Å². The number of carboxylic acids is 1. The number of fused-ring (bicyclic) bond motifs is 2. The summed E-state index contributed by atoms with van der Waals surface area (Å²) in [6.45, 7) is 0.212. The number of aliphatic hydroxyl groups excluding tert-OH is 1. The van der Waals surface area contributed by atoms with Crippen molar-refractivity contribution >= 4 is 5.97 Å². The second-order valence-corrected chi connectivity index (χ2v) is 5.84. The van der Waals surface area contributed by atoms with E-state index in [9.17, 15) is 9.90 Å². The van der Waals surface area contributed by atoms with Crippen LogP contribution < -0.4 is 0 Å². The molecule has 1 aromatic rings. The number of rotatable bonds is 5. The molecule has 2 fully saturated rings. The number of benzene rings is 1. The summed E-state index contributed by atoms with van der Waals surface area (Å²) >= 11 is 0. The molecule has 0 saturated carbocycles. The predicted octanol–water partition coefficient (Wildman–Crippen LogP) is 2.10. The van der Waals surface area contributed by atoms with Crippen molar-refractivity contribution in [3.63, 3.8) is 0 Å². The van der Waals surface area contributed by atoms with E-state index >= 15 is 0 Å². The molecule has 0 spiro atoms. The Balaban J connectivity index is 1.60. The van der Waals surface area contributed by atoms with Crippen LogP contribution in [0.2, 0.25) is 0 Å². The summed E-state index contributed by atoms with van der Waals surface area (Å²) in [4.78, 5) is 10.8. The first-order valence-electron chi connectivity index (χ1n) is 7.27. The van der Waals surface area contributed by atoms with Gasteiger partial charge in [-0.05, 0) is 49.3 Å². The summed E-state index contributed by atoms with van der Waals surface area (Å²) in [6, 6.07) is 7.06. The minimum Gasteiger partial charge on any atom is -0.478 e. The van der Waals surface area contributed by atoms with Crippen molar-refractivity contribution < 1.29 is 19.7 Å². The molecule has 0 aliphatic carbocycles. The molecule has 2 bridgehead atoms. The van der Waals surface area contributed by atoms with E-state index in [4.69, 9.17) is 9.84 Å². The molecule has 4 heteroatoms. The summed E-state index contributed by atoms with van der Waals surface area (Å²) in [7, 11) is 0. The third-order valence-electron chi connectivity index (χ3n) is 4.77. The van der Waals surface area contributed by atoms with Crippen LogP contribution in [0.3, 0.4) is 0 Å². The molecule has 20 heavy (non-hydrogen) atoms. The Morgan fingerprint density at radius 2 is 1.80 bits per heavy atom. The van der Waals surface area contributed by atoms with Crippen LogP contribution in [0.25, 0.3) is 0 Å². The molecule has 0 radical (unpaired) electrons. The van der Waals surface area contributed by atoms with Crippen molar-refractivity contribution in [1.82, 2.24) is 0 Å². The molecule has 0 amide bonds. The Hall–Kier alpha value is -1.39. The van der Waals surface area contributed by atoms with E-state index in [0.717, 1.165) is 31.2 Å². The van der Waals surface area contributed by atoms with Crippen molar-refractivity contribution in [2.24, 2.45) is 11.8 Å². The van der Waals surface area contributed by atoms with Crippen LogP contribution in [0.1, 0.15) is 35.2 Å². The molecular weight excluding hydrogens is 256 g/mol. The van der Waals surface area contributed by atoms with Gasteiger partial charge in [0.15, 0.2) is 0 Å². The molecule has 4 atom stereocenters. The lowest BCUT2D eigenvalue weighted by molar-refractivity contribution is 0.0696. The zero-order valence-electron chi connectivity index (χ0n) is 11.4. The summed E-state index contributed by atoms with van der Waals surface area (Å²) in [5.41, 5.74) is 1.47. The smallest absolute Gasteiger partial charge is 0.335 e. The van der Waals surface area contributed by atoms with Crippen LogP contribution in [-0.4, -0.2) is 35.0 Å². The molecular formula is C16H20O4. The monoisotopic (exact) mass is 276 g/mol. The molecule has 2 N–H and O–H groups in total. The maximum atomic E-state index is 10.8. The quantitative estimate of drug-likeness (QED) is 0.864. The maximum absolute atomic E-state index is 10.8. The second-order valence-electron chi connectivity index (χ2n) is 5.84. The minimum absolute atomic E-state index is 0.212. The van der Waals surface area contributed by atoms with Gasteiger partial charge in [0.2, 0.25) is 0 Å². The maximum Gasteiger partial charge on any atom is 0.335 e. The first-order chi connectivity index (χ1) is 9.69. The van der Waals surface area contributed by atoms with Crippen molar-refractivity contribution in [3.8, 4) is 0 Å². The minimum atomic E-state index is -0.890. The van der Waals surface area contributed by atoms with E-state index in [1.165, 1.54) is 0 Å². The summed E-state index contributed by atoms with van der Waals surface area (Å²) < 4.78 is 5.89. The lowest BCUT2D eigenvalue weighted by Crippen LogP contribution is -2.30. The highest BCUT2D eigenvalue weighted by atomic mass is 16.5. The van der Waals surface area contributed by atoms with Gasteiger partial charge < -0.3 is 14.9 Å². The summed E-state index contributed by atoms with van der Waals surface area (Å²) in [6.07, 6.45) is 4.68. The first kappa shape index (κ1) is 13.6. The first-order valence-corrected chi connectivity index (χ1v) is 7.27. The third kappa shape index (κ3) is 2.45. The van der Waals surface area contributed by atoms with E-state index in [1.807, 2.05) is 12.1 Å². The van der Waals surface area contributed by atoms with Crippen LogP contribution in [0.5, 0.6) is 0 Å². The van der Waals surface area contributed by atoms with Gasteiger partial charge in [-0.3, -0.25) is 0 Å². The topological polar surface area (TPSA) is 66.8 Å². The molecule has 2 saturated heterocycles. The standard InChI is InChI=1S/C16H20O4/c17-9-13-12(14-7-8-15(13)20-14)6-3-10-1-4-11(5-2-10)16(18)19/h1-2,4-5,12-15,17H,3,6-9H2,(H,18,19)/t12-,13+,14+,15-/m0/s1. The molecule has 1 aromatic carbocycles. The summed E-state index contributed by atoms with van der Waals surface area (Å²) in [5, 5.41) is 18.4. The second kappa shape index (κ2) is 5.54. The van der Waals surface area contributed by atoms with Gasteiger partial charge in [-0.25, -0.2) is 4.79 Å². The number of hydrogen-bond acceptors (Lipinski definition) is 3.